The van der Waals surface area contributed by atoms with Crippen LogP contribution in [0.4, 0.5) is 0 Å². The Bertz CT molecular complexity index is 205. The number of carboxylic acids is 1. The molecule has 0 fully saturated rings. The highest BCUT2D eigenvalue weighted by Gasteiger charge is 2.28. The summed E-state index contributed by atoms with van der Waals surface area (Å²) >= 11 is 0. The van der Waals surface area contributed by atoms with Gasteiger partial charge in [-0.25, -0.2) is 0 Å². The van der Waals surface area contributed by atoms with Crippen molar-refractivity contribution in [3.8, 4) is 0 Å². The minimum absolute atomic E-state index is 0.519. The fraction of sp³-hybridized carbons (Fsp3) is 0.812. The second-order valence-electron chi connectivity index (χ2n) is 5.37. The lowest BCUT2D eigenvalue weighted by Crippen LogP contribution is -2.17. The molecule has 2 nitrogen and oxygen atoms in total. The van der Waals surface area contributed by atoms with Crippen LogP contribution < -0.4 is 5.11 Å². The van der Waals surface area contributed by atoms with Crippen molar-refractivity contribution in [3.63, 3.8) is 0 Å². The summed E-state index contributed by atoms with van der Waals surface area (Å²) in [5.41, 5.74) is 0. The molecular weight excluding hydrogens is 255 g/mol. The summed E-state index contributed by atoms with van der Waals surface area (Å²) < 4.78 is 0. The molecule has 0 N–H and O–H groups in total. The number of unbranched alkanes of at least 4 members (excludes halogenated alkanes) is 3. The van der Waals surface area contributed by atoms with E-state index in [9.17, 15) is 0 Å². The summed E-state index contributed by atoms with van der Waals surface area (Å²) in [5, 5.41) is 9.14. The Morgan fingerprint density at radius 2 is 1.26 bits per heavy atom. The maximum absolute atomic E-state index is 9.14. The summed E-state index contributed by atoms with van der Waals surface area (Å²) in [7, 11) is -0.519. The van der Waals surface area contributed by atoms with Gasteiger partial charge in [0.25, 0.3) is 0 Å². The Hall–Kier alpha value is -0.360. The average molecular weight is 288 g/mol. The van der Waals surface area contributed by atoms with E-state index in [2.05, 4.69) is 34.0 Å². The van der Waals surface area contributed by atoms with E-state index in [-0.39, 0.29) is 0 Å². The van der Waals surface area contributed by atoms with Crippen LogP contribution in [0.5, 0.6) is 0 Å². The molecule has 0 spiro atoms. The topological polar surface area (TPSA) is 40.1 Å². The molecule has 0 atom stereocenters. The number of rotatable bonds is 10. The first-order valence-electron chi connectivity index (χ1n) is 7.62. The van der Waals surface area contributed by atoms with E-state index < -0.39 is 13.2 Å². The van der Waals surface area contributed by atoms with Crippen molar-refractivity contribution in [1.29, 1.82) is 0 Å². The van der Waals surface area contributed by atoms with Crippen LogP contribution in [-0.4, -0.2) is 31.1 Å². The van der Waals surface area contributed by atoms with Gasteiger partial charge >= 0.3 is 0 Å². The Kier molecular flexibility index (Phi) is 15.5. The molecule has 0 unspecified atom stereocenters. The molecule has 0 heterocycles. The summed E-state index contributed by atoms with van der Waals surface area (Å²) in [6.45, 7) is 12.5. The van der Waals surface area contributed by atoms with Gasteiger partial charge in [-0.15, -0.1) is 0 Å². The number of carboxylic acid groups (broad SMARTS) is 1. The molecule has 0 bridgehead atoms. The van der Waals surface area contributed by atoms with Gasteiger partial charge in [-0.2, -0.15) is 0 Å². The monoisotopic (exact) mass is 288 g/mol. The average Bonchev–Trinajstić information content (AvgIpc) is 2.41. The molecule has 0 amide bonds. The third-order valence-electron chi connectivity index (χ3n) is 3.32. The molecule has 0 aromatic rings. The zero-order chi connectivity index (χ0) is 15.1. The van der Waals surface area contributed by atoms with Crippen molar-refractivity contribution in [2.45, 2.75) is 59.3 Å². The molecule has 0 aliphatic rings. The highest BCUT2D eigenvalue weighted by Crippen LogP contribution is 2.57. The summed E-state index contributed by atoms with van der Waals surface area (Å²) in [5.74, 6) is -1.23. The molecule has 0 aliphatic heterocycles. The van der Waals surface area contributed by atoms with Gasteiger partial charge < -0.3 is 9.90 Å². The van der Waals surface area contributed by atoms with E-state index in [1.165, 1.54) is 38.5 Å². The minimum Gasteiger partial charge on any atom is -0.545 e. The van der Waals surface area contributed by atoms with Gasteiger partial charge in [-0.05, 0) is 25.3 Å². The van der Waals surface area contributed by atoms with E-state index in [1.54, 1.807) is 18.5 Å². The molecule has 114 valence electrons. The van der Waals surface area contributed by atoms with Gasteiger partial charge in [0, 0.05) is 13.9 Å². The highest BCUT2D eigenvalue weighted by molar-refractivity contribution is 7.75. The second kappa shape index (κ2) is 14.1. The minimum atomic E-state index is -1.23. The number of carbonyl (C=O) groups excluding carboxylic acids is 1. The molecule has 0 radical (unpaired) electrons. The molecule has 0 rings (SSSR count). The van der Waals surface area contributed by atoms with Gasteiger partial charge in [-0.1, -0.05) is 46.6 Å². The van der Waals surface area contributed by atoms with Crippen molar-refractivity contribution in [3.05, 3.63) is 12.7 Å². The predicted molar refractivity (Wildman–Crippen MR) is 87.4 cm³/mol. The van der Waals surface area contributed by atoms with E-state index in [0.29, 0.717) is 0 Å². The molecule has 0 aliphatic carbocycles. The van der Waals surface area contributed by atoms with Crippen LogP contribution >= 0.6 is 7.26 Å². The molecule has 0 aromatic carbocycles. The molecule has 0 aromatic heterocycles. The normalized spacial score (nSPS) is 10.5. The number of hydrogen-bond acceptors (Lipinski definition) is 2. The molecular formula is C16H33O2P. The molecule has 0 saturated heterocycles. The standard InChI is InChI=1S/C13H30P.C3H4O2/c1-5-8-11-14(4,12-9-6-2)13-10-7-3;1-2-3(4)5/h5-13H2,1-4H3;2H,1H2,(H,4,5)/q+1;/p-1. The quantitative estimate of drug-likeness (QED) is 0.451. The Morgan fingerprint density at radius 1 is 1.00 bits per heavy atom. The third kappa shape index (κ3) is 15.6. The first kappa shape index (κ1) is 20.9. The fourth-order valence-corrected chi connectivity index (χ4v) is 5.86. The van der Waals surface area contributed by atoms with Crippen LogP contribution in [0, 0.1) is 0 Å². The highest BCUT2D eigenvalue weighted by atomic mass is 31.2. The van der Waals surface area contributed by atoms with E-state index in [4.69, 9.17) is 9.90 Å². The van der Waals surface area contributed by atoms with Gasteiger partial charge in [0.05, 0.1) is 24.5 Å². The SMILES string of the molecule is C=CC(=O)[O-].CCCC[P+](C)(CCCC)CCCC. The van der Waals surface area contributed by atoms with Crippen molar-refractivity contribution >= 4 is 13.2 Å². The van der Waals surface area contributed by atoms with Gasteiger partial charge in [0.15, 0.2) is 0 Å². The van der Waals surface area contributed by atoms with Crippen molar-refractivity contribution < 1.29 is 9.90 Å². The Labute approximate surface area is 121 Å². The third-order valence-corrected chi connectivity index (χ3v) is 7.51. The van der Waals surface area contributed by atoms with Gasteiger partial charge in [0.2, 0.25) is 0 Å². The lowest BCUT2D eigenvalue weighted by Gasteiger charge is -2.22. The first-order valence-corrected chi connectivity index (χ1v) is 10.4. The molecule has 19 heavy (non-hydrogen) atoms. The molecule has 0 saturated carbocycles. The van der Waals surface area contributed by atoms with Crippen LogP contribution in [0.3, 0.4) is 0 Å². The van der Waals surface area contributed by atoms with Crippen LogP contribution in [0.1, 0.15) is 59.3 Å². The largest absolute Gasteiger partial charge is 0.545 e. The van der Waals surface area contributed by atoms with E-state index in [0.717, 1.165) is 6.08 Å². The van der Waals surface area contributed by atoms with Crippen LogP contribution in [0.25, 0.3) is 0 Å². The van der Waals surface area contributed by atoms with Crippen LogP contribution in [0.15, 0.2) is 12.7 Å². The lowest BCUT2D eigenvalue weighted by molar-refractivity contribution is -0.297. The van der Waals surface area contributed by atoms with E-state index in [1.807, 2.05) is 0 Å². The zero-order valence-electron chi connectivity index (χ0n) is 13.4. The van der Waals surface area contributed by atoms with Crippen molar-refractivity contribution in [2.24, 2.45) is 0 Å². The fourth-order valence-electron chi connectivity index (χ4n) is 1.95. The maximum atomic E-state index is 9.14. The van der Waals surface area contributed by atoms with Crippen molar-refractivity contribution in [2.75, 3.05) is 25.2 Å². The van der Waals surface area contributed by atoms with Gasteiger partial charge in [-0.3, -0.25) is 0 Å². The summed E-state index contributed by atoms with van der Waals surface area (Å²) in [6, 6.07) is 0. The lowest BCUT2D eigenvalue weighted by atomic mass is 10.4. The summed E-state index contributed by atoms with van der Waals surface area (Å²) in [4.78, 5) is 9.14. The van der Waals surface area contributed by atoms with Gasteiger partial charge in [0.1, 0.15) is 0 Å². The summed E-state index contributed by atoms with van der Waals surface area (Å²) in [6.07, 6.45) is 14.0. The maximum Gasteiger partial charge on any atom is 0.0636 e. The number of hydrogen-bond donors (Lipinski definition) is 0. The number of carbonyl (C=O) groups is 1. The second-order valence-corrected chi connectivity index (χ2v) is 9.95. The first-order chi connectivity index (χ1) is 8.95. The zero-order valence-corrected chi connectivity index (χ0v) is 14.3. The Morgan fingerprint density at radius 3 is 1.42 bits per heavy atom. The van der Waals surface area contributed by atoms with Crippen LogP contribution in [-0.2, 0) is 4.79 Å². The predicted octanol–water partition coefficient (Wildman–Crippen LogP) is 3.96. The molecule has 3 heteroatoms. The van der Waals surface area contributed by atoms with Crippen LogP contribution in [0.2, 0.25) is 0 Å². The van der Waals surface area contributed by atoms with Crippen molar-refractivity contribution in [1.82, 2.24) is 0 Å². The van der Waals surface area contributed by atoms with E-state index >= 15 is 0 Å². The Balaban J connectivity index is 0. The smallest absolute Gasteiger partial charge is 0.0636 e. The number of aliphatic carboxylic acids is 1.